The van der Waals surface area contributed by atoms with E-state index < -0.39 is 0 Å². The second-order valence-corrected chi connectivity index (χ2v) is 7.77. The lowest BCUT2D eigenvalue weighted by Crippen LogP contribution is -2.50. The van der Waals surface area contributed by atoms with Gasteiger partial charge in [0.1, 0.15) is 0 Å². The van der Waals surface area contributed by atoms with Gasteiger partial charge in [-0.15, -0.1) is 0 Å². The summed E-state index contributed by atoms with van der Waals surface area (Å²) in [6.45, 7) is 15.2. The maximum absolute atomic E-state index is 2.34. The van der Waals surface area contributed by atoms with Crippen molar-refractivity contribution in [3.63, 3.8) is 0 Å². The van der Waals surface area contributed by atoms with Gasteiger partial charge in [-0.05, 0) is 51.4 Å². The highest BCUT2D eigenvalue weighted by Gasteiger charge is 2.25. The van der Waals surface area contributed by atoms with Gasteiger partial charge in [0, 0.05) is 0 Å². The zero-order valence-electron chi connectivity index (χ0n) is 17.2. The van der Waals surface area contributed by atoms with Crippen LogP contribution in [0.4, 0.5) is 0 Å². The molecule has 0 fully saturated rings. The van der Waals surface area contributed by atoms with E-state index in [1.54, 1.807) is 0 Å². The van der Waals surface area contributed by atoms with Gasteiger partial charge in [-0.25, -0.2) is 0 Å². The first-order valence-electron chi connectivity index (χ1n) is 11.1. The maximum atomic E-state index is 2.34. The molecule has 0 N–H and O–H groups in total. The number of unbranched alkanes of at least 4 members (excludes halogenated alkanes) is 10. The molecule has 0 radical (unpaired) electrons. The van der Waals surface area contributed by atoms with Crippen LogP contribution in [0, 0.1) is 0 Å². The van der Waals surface area contributed by atoms with Crippen molar-refractivity contribution < 1.29 is 4.48 Å². The molecule has 0 atom stereocenters. The Morgan fingerprint density at radius 1 is 0.348 bits per heavy atom. The predicted octanol–water partition coefficient (Wildman–Crippen LogP) is 7.34. The van der Waals surface area contributed by atoms with Crippen LogP contribution in [0.1, 0.15) is 118 Å². The predicted molar refractivity (Wildman–Crippen MR) is 107 cm³/mol. The molecule has 0 aliphatic heterocycles. The van der Waals surface area contributed by atoms with E-state index in [1.165, 1.54) is 121 Å². The molecule has 1 heteroatoms. The Bertz CT molecular complexity index is 200. The van der Waals surface area contributed by atoms with Gasteiger partial charge in [-0.2, -0.15) is 0 Å². The van der Waals surface area contributed by atoms with Gasteiger partial charge >= 0.3 is 0 Å². The minimum absolute atomic E-state index is 1.36. The fourth-order valence-corrected chi connectivity index (χ4v) is 3.81. The summed E-state index contributed by atoms with van der Waals surface area (Å²) in [6.07, 6.45) is 19.9. The van der Waals surface area contributed by atoms with Crippen LogP contribution in [0.15, 0.2) is 0 Å². The molecule has 0 heterocycles. The molecule has 0 aromatic rings. The van der Waals surface area contributed by atoms with Crippen LogP contribution in [-0.2, 0) is 0 Å². The topological polar surface area (TPSA) is 0 Å². The van der Waals surface area contributed by atoms with Crippen molar-refractivity contribution >= 4 is 0 Å². The normalized spacial score (nSPS) is 12.0. The molecule has 0 rings (SSSR count). The van der Waals surface area contributed by atoms with Crippen molar-refractivity contribution in [3.05, 3.63) is 0 Å². The molecule has 0 bridgehead atoms. The van der Waals surface area contributed by atoms with Gasteiger partial charge in [0.05, 0.1) is 26.2 Å². The largest absolute Gasteiger partial charge is 0.324 e. The molecule has 0 aromatic heterocycles. The molecule has 1 nitrogen and oxygen atoms in total. The van der Waals surface area contributed by atoms with Gasteiger partial charge in [0.2, 0.25) is 0 Å². The highest BCUT2D eigenvalue weighted by atomic mass is 15.3. The summed E-state index contributed by atoms with van der Waals surface area (Å²) < 4.78 is 1.45. The van der Waals surface area contributed by atoms with E-state index in [0.717, 1.165) is 0 Å². The van der Waals surface area contributed by atoms with Crippen molar-refractivity contribution in [2.75, 3.05) is 26.2 Å². The smallest absolute Gasteiger partial charge is 0.0786 e. The average molecular weight is 327 g/mol. The quantitative estimate of drug-likeness (QED) is 0.182. The fourth-order valence-electron chi connectivity index (χ4n) is 3.81. The van der Waals surface area contributed by atoms with E-state index in [1.807, 2.05) is 0 Å². The van der Waals surface area contributed by atoms with E-state index >= 15 is 0 Å². The molecular formula is C22H48N+. The van der Waals surface area contributed by atoms with Crippen LogP contribution in [-0.4, -0.2) is 30.7 Å². The van der Waals surface area contributed by atoms with Gasteiger partial charge in [-0.3, -0.25) is 0 Å². The lowest BCUT2D eigenvalue weighted by molar-refractivity contribution is -0.929. The van der Waals surface area contributed by atoms with Crippen LogP contribution in [0.3, 0.4) is 0 Å². The summed E-state index contributed by atoms with van der Waals surface area (Å²) in [6, 6.07) is 0. The lowest BCUT2D eigenvalue weighted by atomic mass is 10.1. The number of nitrogens with zero attached hydrogens (tertiary/aromatic N) is 1. The van der Waals surface area contributed by atoms with E-state index in [-0.39, 0.29) is 0 Å². The van der Waals surface area contributed by atoms with Crippen molar-refractivity contribution in [2.24, 2.45) is 0 Å². The van der Waals surface area contributed by atoms with Crippen LogP contribution in [0.25, 0.3) is 0 Å². The Morgan fingerprint density at radius 3 is 0.913 bits per heavy atom. The maximum Gasteiger partial charge on any atom is 0.0786 e. The number of hydrogen-bond donors (Lipinski definition) is 0. The molecule has 0 saturated heterocycles. The van der Waals surface area contributed by atoms with Crippen LogP contribution in [0.5, 0.6) is 0 Å². The number of rotatable bonds is 18. The van der Waals surface area contributed by atoms with Crippen molar-refractivity contribution in [3.8, 4) is 0 Å². The van der Waals surface area contributed by atoms with Gasteiger partial charge in [0.15, 0.2) is 0 Å². The molecule has 23 heavy (non-hydrogen) atoms. The summed E-state index contributed by atoms with van der Waals surface area (Å²) in [5.74, 6) is 0. The molecule has 0 aliphatic rings. The minimum Gasteiger partial charge on any atom is -0.324 e. The van der Waals surface area contributed by atoms with Gasteiger partial charge in [0.25, 0.3) is 0 Å². The highest BCUT2D eigenvalue weighted by molar-refractivity contribution is 4.52. The number of quaternary nitrogens is 1. The van der Waals surface area contributed by atoms with E-state index in [0.29, 0.717) is 0 Å². The summed E-state index contributed by atoms with van der Waals surface area (Å²) >= 11 is 0. The summed E-state index contributed by atoms with van der Waals surface area (Å²) in [5, 5.41) is 0. The third-order valence-corrected chi connectivity index (χ3v) is 5.44. The molecule has 0 aliphatic carbocycles. The molecule has 0 unspecified atom stereocenters. The third-order valence-electron chi connectivity index (χ3n) is 5.44. The Labute approximate surface area is 148 Å². The summed E-state index contributed by atoms with van der Waals surface area (Å²) in [4.78, 5) is 0. The Kier molecular flexibility index (Phi) is 16.8. The SMILES string of the molecule is CCCCCC[N+](CCCCC)(CCCCC)CCCCCC. The second kappa shape index (κ2) is 16.8. The minimum atomic E-state index is 1.36. The average Bonchev–Trinajstić information content (AvgIpc) is 2.56. The van der Waals surface area contributed by atoms with E-state index in [4.69, 9.17) is 0 Å². The standard InChI is InChI=1S/C22H48N/c1-5-9-13-17-21-23(19-15-11-7-3,20-16-12-8-4)22-18-14-10-6-2/h5-22H2,1-4H3/q+1. The third kappa shape index (κ3) is 13.0. The Balaban J connectivity index is 4.55. The zero-order chi connectivity index (χ0) is 17.2. The molecular weight excluding hydrogens is 278 g/mol. The Morgan fingerprint density at radius 2 is 0.609 bits per heavy atom. The van der Waals surface area contributed by atoms with E-state index in [9.17, 15) is 0 Å². The van der Waals surface area contributed by atoms with Gasteiger partial charge in [-0.1, -0.05) is 66.2 Å². The van der Waals surface area contributed by atoms with Crippen molar-refractivity contribution in [1.82, 2.24) is 0 Å². The molecule has 0 amide bonds. The van der Waals surface area contributed by atoms with Crippen molar-refractivity contribution in [1.29, 1.82) is 0 Å². The monoisotopic (exact) mass is 326 g/mol. The first-order valence-corrected chi connectivity index (χ1v) is 11.1. The summed E-state index contributed by atoms with van der Waals surface area (Å²) in [5.41, 5.74) is 0. The molecule has 0 aromatic carbocycles. The highest BCUT2D eigenvalue weighted by Crippen LogP contribution is 2.19. The van der Waals surface area contributed by atoms with Crippen molar-refractivity contribution in [2.45, 2.75) is 118 Å². The summed E-state index contributed by atoms with van der Waals surface area (Å²) in [7, 11) is 0. The molecule has 140 valence electrons. The van der Waals surface area contributed by atoms with Crippen LogP contribution in [0.2, 0.25) is 0 Å². The molecule has 0 saturated carbocycles. The fraction of sp³-hybridized carbons (Fsp3) is 1.00. The van der Waals surface area contributed by atoms with Gasteiger partial charge < -0.3 is 4.48 Å². The Hall–Kier alpha value is -0.0400. The lowest BCUT2D eigenvalue weighted by Gasteiger charge is -2.39. The zero-order valence-corrected chi connectivity index (χ0v) is 17.2. The second-order valence-electron chi connectivity index (χ2n) is 7.77. The molecule has 0 spiro atoms. The van der Waals surface area contributed by atoms with E-state index in [2.05, 4.69) is 27.7 Å². The van der Waals surface area contributed by atoms with Crippen LogP contribution < -0.4 is 0 Å². The first-order chi connectivity index (χ1) is 11.2. The van der Waals surface area contributed by atoms with Crippen LogP contribution >= 0.6 is 0 Å². The number of hydrogen-bond acceptors (Lipinski definition) is 0. The first kappa shape index (κ1) is 23.0.